The van der Waals surface area contributed by atoms with Crippen LogP contribution in [0.15, 0.2) is 23.5 Å². The molecule has 0 saturated carbocycles. The molecule has 0 radical (unpaired) electrons. The van der Waals surface area contributed by atoms with E-state index in [1.807, 2.05) is 0 Å². The van der Waals surface area contributed by atoms with Crippen molar-refractivity contribution >= 4 is 11.9 Å². The van der Waals surface area contributed by atoms with Gasteiger partial charge in [-0.25, -0.2) is 4.79 Å². The third-order valence-corrected chi connectivity index (χ3v) is 2.13. The Labute approximate surface area is 86.7 Å². The summed E-state index contributed by atoms with van der Waals surface area (Å²) in [6.07, 6.45) is -0.621. The van der Waals surface area contributed by atoms with E-state index in [1.54, 1.807) is 6.92 Å². The van der Waals surface area contributed by atoms with Crippen molar-refractivity contribution in [2.75, 3.05) is 0 Å². The first-order valence-electron chi connectivity index (χ1n) is 4.41. The third-order valence-electron chi connectivity index (χ3n) is 2.13. The zero-order valence-corrected chi connectivity index (χ0v) is 8.32. The minimum atomic E-state index is -1.13. The number of aliphatic carboxylic acids is 2. The molecule has 1 unspecified atom stereocenters. The summed E-state index contributed by atoms with van der Waals surface area (Å²) < 4.78 is 5.23. The normalized spacial score (nSPS) is 19.9. The number of ether oxygens (including phenoxy) is 1. The molecule has 0 fully saturated rings. The molecule has 82 valence electrons. The number of hydrogen-bond acceptors (Lipinski definition) is 3. The first kappa shape index (κ1) is 11.3. The minimum absolute atomic E-state index is 0.0306. The molecule has 5 heteroatoms. The van der Waals surface area contributed by atoms with Crippen LogP contribution in [0.5, 0.6) is 0 Å². The van der Waals surface area contributed by atoms with Gasteiger partial charge in [0.25, 0.3) is 0 Å². The van der Waals surface area contributed by atoms with E-state index in [1.165, 1.54) is 0 Å². The molecule has 0 saturated heterocycles. The van der Waals surface area contributed by atoms with Gasteiger partial charge in [0, 0.05) is 6.42 Å². The van der Waals surface area contributed by atoms with E-state index in [9.17, 15) is 9.59 Å². The molecule has 0 aromatic heterocycles. The summed E-state index contributed by atoms with van der Waals surface area (Å²) >= 11 is 0. The molecule has 0 bridgehead atoms. The maximum Gasteiger partial charge on any atom is 0.335 e. The van der Waals surface area contributed by atoms with Crippen LogP contribution in [0.4, 0.5) is 0 Å². The fraction of sp³-hybridized carbons (Fsp3) is 0.400. The molecule has 0 spiro atoms. The Morgan fingerprint density at radius 1 is 1.53 bits per heavy atom. The maximum atomic E-state index is 10.8. The Morgan fingerprint density at radius 3 is 2.53 bits per heavy atom. The molecule has 1 aliphatic rings. The number of rotatable bonds is 4. The van der Waals surface area contributed by atoms with Gasteiger partial charge in [0.1, 0.15) is 18.3 Å². The van der Waals surface area contributed by atoms with Crippen molar-refractivity contribution in [3.63, 3.8) is 0 Å². The van der Waals surface area contributed by atoms with Crippen LogP contribution in [0.2, 0.25) is 0 Å². The highest BCUT2D eigenvalue weighted by Gasteiger charge is 2.31. The summed E-state index contributed by atoms with van der Waals surface area (Å²) in [5.74, 6) is -2.20. The summed E-state index contributed by atoms with van der Waals surface area (Å²) in [5.41, 5.74) is 0.722. The Balaban J connectivity index is 2.86. The van der Waals surface area contributed by atoms with Gasteiger partial charge in [0.2, 0.25) is 0 Å². The lowest BCUT2D eigenvalue weighted by Gasteiger charge is -2.11. The third kappa shape index (κ3) is 2.59. The molecule has 15 heavy (non-hydrogen) atoms. The molecule has 0 aromatic carbocycles. The van der Waals surface area contributed by atoms with Crippen molar-refractivity contribution in [3.8, 4) is 0 Å². The zero-order valence-electron chi connectivity index (χ0n) is 8.32. The molecule has 1 aliphatic heterocycles. The molecule has 0 amide bonds. The van der Waals surface area contributed by atoms with Gasteiger partial charge in [0.15, 0.2) is 0 Å². The highest BCUT2D eigenvalue weighted by Crippen LogP contribution is 2.30. The molecule has 5 nitrogen and oxygen atoms in total. The van der Waals surface area contributed by atoms with Crippen LogP contribution in [0.25, 0.3) is 0 Å². The van der Waals surface area contributed by atoms with Gasteiger partial charge >= 0.3 is 11.9 Å². The average molecular weight is 212 g/mol. The molecule has 0 aromatic rings. The molecule has 1 atom stereocenters. The van der Waals surface area contributed by atoms with E-state index in [0.29, 0.717) is 5.57 Å². The van der Waals surface area contributed by atoms with Crippen LogP contribution in [0.1, 0.15) is 19.8 Å². The second-order valence-corrected chi connectivity index (χ2v) is 3.43. The molecule has 1 heterocycles. The van der Waals surface area contributed by atoms with Gasteiger partial charge in [-0.05, 0) is 12.5 Å². The van der Waals surface area contributed by atoms with Crippen LogP contribution in [-0.2, 0) is 14.3 Å². The first-order chi connectivity index (χ1) is 6.91. The van der Waals surface area contributed by atoms with Gasteiger partial charge in [-0.2, -0.15) is 0 Å². The van der Waals surface area contributed by atoms with Crippen molar-refractivity contribution in [1.82, 2.24) is 0 Å². The fourth-order valence-electron chi connectivity index (χ4n) is 1.35. The van der Waals surface area contributed by atoms with Crippen molar-refractivity contribution in [1.29, 1.82) is 0 Å². The van der Waals surface area contributed by atoms with Crippen LogP contribution in [0, 0.1) is 0 Å². The number of hydrogen-bond donors (Lipinski definition) is 2. The lowest BCUT2D eigenvalue weighted by atomic mass is 10.1. The largest absolute Gasteiger partial charge is 0.489 e. The molecule has 1 rings (SSSR count). The highest BCUT2D eigenvalue weighted by molar-refractivity contribution is 5.89. The highest BCUT2D eigenvalue weighted by atomic mass is 16.5. The van der Waals surface area contributed by atoms with Crippen LogP contribution in [-0.4, -0.2) is 28.3 Å². The first-order valence-corrected chi connectivity index (χ1v) is 4.41. The van der Waals surface area contributed by atoms with Crippen LogP contribution >= 0.6 is 0 Å². The van der Waals surface area contributed by atoms with Crippen molar-refractivity contribution in [3.05, 3.63) is 23.5 Å². The lowest BCUT2D eigenvalue weighted by molar-refractivity contribution is -0.136. The minimum Gasteiger partial charge on any atom is -0.489 e. The number of carboxylic acid groups (broad SMARTS) is 2. The predicted molar refractivity (Wildman–Crippen MR) is 51.2 cm³/mol. The fourth-order valence-corrected chi connectivity index (χ4v) is 1.35. The van der Waals surface area contributed by atoms with Gasteiger partial charge in [0.05, 0.1) is 5.57 Å². The SMILES string of the molecule is C=C(C)C1CC(C(=O)O)=C(CC(=O)O)O1. The summed E-state index contributed by atoms with van der Waals surface area (Å²) in [6, 6.07) is 0. The van der Waals surface area contributed by atoms with E-state index < -0.39 is 24.5 Å². The van der Waals surface area contributed by atoms with Crippen LogP contribution in [0.3, 0.4) is 0 Å². The molecular weight excluding hydrogens is 200 g/mol. The average Bonchev–Trinajstić information content (AvgIpc) is 2.46. The van der Waals surface area contributed by atoms with Gasteiger partial charge < -0.3 is 14.9 Å². The standard InChI is InChI=1S/C10H12O5/c1-5(2)7-3-6(10(13)14)8(15-7)4-9(11)12/h7H,1,3-4H2,2H3,(H,11,12)(H,13,14). The summed E-state index contributed by atoms with van der Waals surface area (Å²) in [7, 11) is 0. The number of carboxylic acids is 2. The summed E-state index contributed by atoms with van der Waals surface area (Å²) in [6.45, 7) is 5.37. The second kappa shape index (κ2) is 4.16. The predicted octanol–water partition coefficient (Wildman–Crippen LogP) is 1.16. The van der Waals surface area contributed by atoms with E-state index in [-0.39, 0.29) is 17.8 Å². The van der Waals surface area contributed by atoms with Crippen molar-refractivity contribution in [2.24, 2.45) is 0 Å². The number of carbonyl (C=O) groups is 2. The van der Waals surface area contributed by atoms with E-state index in [2.05, 4.69) is 6.58 Å². The van der Waals surface area contributed by atoms with Crippen LogP contribution < -0.4 is 0 Å². The summed E-state index contributed by atoms with van der Waals surface area (Å²) in [4.78, 5) is 21.3. The van der Waals surface area contributed by atoms with E-state index in [4.69, 9.17) is 14.9 Å². The smallest absolute Gasteiger partial charge is 0.335 e. The van der Waals surface area contributed by atoms with E-state index >= 15 is 0 Å². The maximum absolute atomic E-state index is 10.8. The monoisotopic (exact) mass is 212 g/mol. The van der Waals surface area contributed by atoms with Gasteiger partial charge in [-0.15, -0.1) is 0 Å². The van der Waals surface area contributed by atoms with Crippen molar-refractivity contribution < 1.29 is 24.5 Å². The molecule has 2 N–H and O–H groups in total. The molecule has 0 aliphatic carbocycles. The van der Waals surface area contributed by atoms with Gasteiger partial charge in [-0.1, -0.05) is 6.58 Å². The van der Waals surface area contributed by atoms with E-state index in [0.717, 1.165) is 0 Å². The quantitative estimate of drug-likeness (QED) is 0.683. The molecular formula is C10H12O5. The van der Waals surface area contributed by atoms with Gasteiger partial charge in [-0.3, -0.25) is 4.79 Å². The zero-order chi connectivity index (χ0) is 11.6. The van der Waals surface area contributed by atoms with Crippen molar-refractivity contribution in [2.45, 2.75) is 25.9 Å². The Bertz CT molecular complexity index is 353. The Kier molecular flexibility index (Phi) is 3.14. The lowest BCUT2D eigenvalue weighted by Crippen LogP contribution is -2.08. The Morgan fingerprint density at radius 2 is 2.13 bits per heavy atom. The second-order valence-electron chi connectivity index (χ2n) is 3.43. The Hall–Kier alpha value is -1.78. The topological polar surface area (TPSA) is 83.8 Å². The summed E-state index contributed by atoms with van der Waals surface area (Å²) in [5, 5.41) is 17.4.